The number of piperazine rings is 1. The van der Waals surface area contributed by atoms with Crippen LogP contribution in [0.25, 0.3) is 0 Å². The van der Waals surface area contributed by atoms with E-state index in [0.29, 0.717) is 12.0 Å². The molecule has 0 bridgehead atoms. The molecule has 2 aliphatic rings. The summed E-state index contributed by atoms with van der Waals surface area (Å²) in [5.74, 6) is 1.43. The third-order valence-corrected chi connectivity index (χ3v) is 5.68. The molecule has 6 nitrogen and oxygen atoms in total. The van der Waals surface area contributed by atoms with Crippen molar-refractivity contribution >= 4 is 5.95 Å². The van der Waals surface area contributed by atoms with E-state index in [-0.39, 0.29) is 0 Å². The van der Waals surface area contributed by atoms with Crippen LogP contribution in [0.2, 0.25) is 0 Å². The van der Waals surface area contributed by atoms with Crippen LogP contribution in [0.1, 0.15) is 22.7 Å². The highest BCUT2D eigenvalue weighted by molar-refractivity contribution is 5.32. The van der Waals surface area contributed by atoms with E-state index in [9.17, 15) is 0 Å². The minimum Gasteiger partial charge on any atom is -0.338 e. The van der Waals surface area contributed by atoms with Crippen LogP contribution in [-0.2, 0) is 0 Å². The zero-order valence-corrected chi connectivity index (χ0v) is 15.7. The maximum atomic E-state index is 4.37. The van der Waals surface area contributed by atoms with Crippen LogP contribution in [-0.4, -0.2) is 54.1 Å². The maximum Gasteiger partial charge on any atom is 0.225 e. The van der Waals surface area contributed by atoms with Crippen molar-refractivity contribution in [3.05, 3.63) is 53.3 Å². The lowest BCUT2D eigenvalue weighted by Gasteiger charge is -2.36. The van der Waals surface area contributed by atoms with E-state index in [2.05, 4.69) is 62.7 Å². The third kappa shape index (κ3) is 3.72. The fourth-order valence-electron chi connectivity index (χ4n) is 3.94. The Bertz CT molecular complexity index is 726. The number of aromatic nitrogens is 2. The number of hydrogen-bond acceptors (Lipinski definition) is 6. The van der Waals surface area contributed by atoms with Gasteiger partial charge in [-0.05, 0) is 36.6 Å². The Balaban J connectivity index is 1.36. The highest BCUT2D eigenvalue weighted by atomic mass is 15.4. The molecule has 2 unspecified atom stereocenters. The Morgan fingerprint density at radius 1 is 1.04 bits per heavy atom. The Labute approximate surface area is 155 Å². The summed E-state index contributed by atoms with van der Waals surface area (Å²) in [5.41, 5.74) is 11.0. The van der Waals surface area contributed by atoms with Crippen LogP contribution in [0, 0.1) is 19.8 Å². The zero-order chi connectivity index (χ0) is 17.9. The van der Waals surface area contributed by atoms with Gasteiger partial charge in [-0.2, -0.15) is 0 Å². The first-order valence-electron chi connectivity index (χ1n) is 9.50. The van der Waals surface area contributed by atoms with Crippen molar-refractivity contribution in [1.82, 2.24) is 25.7 Å². The van der Waals surface area contributed by atoms with Gasteiger partial charge in [0.1, 0.15) is 0 Å². The van der Waals surface area contributed by atoms with Crippen molar-refractivity contribution in [2.24, 2.45) is 5.92 Å². The van der Waals surface area contributed by atoms with Crippen LogP contribution in [0.4, 0.5) is 5.95 Å². The van der Waals surface area contributed by atoms with Crippen LogP contribution in [0.3, 0.4) is 0 Å². The van der Waals surface area contributed by atoms with Gasteiger partial charge < -0.3 is 4.90 Å². The predicted molar refractivity (Wildman–Crippen MR) is 104 cm³/mol. The topological polar surface area (TPSA) is 56.3 Å². The minimum atomic E-state index is 0.379. The molecule has 2 fully saturated rings. The molecule has 4 rings (SSSR count). The predicted octanol–water partition coefficient (Wildman–Crippen LogP) is 1.68. The molecule has 138 valence electrons. The van der Waals surface area contributed by atoms with Gasteiger partial charge in [0, 0.05) is 57.6 Å². The molecule has 2 saturated heterocycles. The van der Waals surface area contributed by atoms with Crippen LogP contribution in [0.15, 0.2) is 36.7 Å². The number of benzene rings is 1. The van der Waals surface area contributed by atoms with Crippen molar-refractivity contribution < 1.29 is 0 Å². The molecule has 2 N–H and O–H groups in total. The smallest absolute Gasteiger partial charge is 0.225 e. The highest BCUT2D eigenvalue weighted by Crippen LogP contribution is 2.27. The second-order valence-corrected chi connectivity index (χ2v) is 7.44. The summed E-state index contributed by atoms with van der Waals surface area (Å²) < 4.78 is 0. The molecule has 0 radical (unpaired) electrons. The first-order chi connectivity index (χ1) is 12.7. The number of nitrogens with zero attached hydrogens (tertiary/aromatic N) is 4. The van der Waals surface area contributed by atoms with Gasteiger partial charge in [0.2, 0.25) is 5.95 Å². The lowest BCUT2D eigenvalue weighted by molar-refractivity contribution is 0.213. The van der Waals surface area contributed by atoms with Gasteiger partial charge in [0.25, 0.3) is 0 Å². The molecule has 0 spiro atoms. The van der Waals surface area contributed by atoms with Crippen LogP contribution >= 0.6 is 0 Å². The number of anilines is 1. The Morgan fingerprint density at radius 3 is 2.54 bits per heavy atom. The minimum absolute atomic E-state index is 0.379. The first-order valence-corrected chi connectivity index (χ1v) is 9.50. The number of hydrogen-bond donors (Lipinski definition) is 2. The normalized spacial score (nSPS) is 24.2. The summed E-state index contributed by atoms with van der Waals surface area (Å²) in [6, 6.07) is 9.08. The van der Waals surface area contributed by atoms with E-state index in [1.807, 2.05) is 18.5 Å². The maximum absolute atomic E-state index is 4.37. The molecule has 0 saturated carbocycles. The third-order valence-electron chi connectivity index (χ3n) is 5.68. The molecule has 26 heavy (non-hydrogen) atoms. The van der Waals surface area contributed by atoms with Crippen molar-refractivity contribution in [3.63, 3.8) is 0 Å². The van der Waals surface area contributed by atoms with Gasteiger partial charge in [-0.15, -0.1) is 0 Å². The lowest BCUT2D eigenvalue weighted by atomic mass is 9.92. The van der Waals surface area contributed by atoms with E-state index < -0.39 is 0 Å². The van der Waals surface area contributed by atoms with E-state index >= 15 is 0 Å². The molecule has 1 aromatic carbocycles. The molecule has 2 aliphatic heterocycles. The number of hydrazine groups is 1. The number of nitrogens with one attached hydrogen (secondary N) is 2. The van der Waals surface area contributed by atoms with Gasteiger partial charge in [-0.25, -0.2) is 15.4 Å². The molecule has 6 heteroatoms. The summed E-state index contributed by atoms with van der Waals surface area (Å²) in [5, 5.41) is 0. The molecule has 2 aromatic rings. The monoisotopic (exact) mass is 352 g/mol. The average Bonchev–Trinajstić information content (AvgIpc) is 3.13. The second kappa shape index (κ2) is 7.70. The molecular weight excluding hydrogens is 324 g/mol. The number of aryl methyl sites for hydroxylation is 2. The molecule has 0 amide bonds. The van der Waals surface area contributed by atoms with Crippen molar-refractivity contribution in [2.75, 3.05) is 44.2 Å². The van der Waals surface area contributed by atoms with Gasteiger partial charge >= 0.3 is 0 Å². The Hall–Kier alpha value is -2.02. The summed E-state index contributed by atoms with van der Waals surface area (Å²) >= 11 is 0. The Kier molecular flexibility index (Phi) is 5.15. The summed E-state index contributed by atoms with van der Waals surface area (Å²) in [4.78, 5) is 13.6. The van der Waals surface area contributed by atoms with Gasteiger partial charge in [0.15, 0.2) is 0 Å². The van der Waals surface area contributed by atoms with E-state index in [1.54, 1.807) is 0 Å². The molecular formula is C20H28N6. The molecule has 2 atom stereocenters. The summed E-state index contributed by atoms with van der Waals surface area (Å²) in [6.07, 6.45) is 3.64. The van der Waals surface area contributed by atoms with Gasteiger partial charge in [-0.3, -0.25) is 10.3 Å². The fraction of sp³-hybridized carbons (Fsp3) is 0.500. The highest BCUT2D eigenvalue weighted by Gasteiger charge is 2.31. The quantitative estimate of drug-likeness (QED) is 0.873. The van der Waals surface area contributed by atoms with Crippen molar-refractivity contribution in [3.8, 4) is 0 Å². The first kappa shape index (κ1) is 17.4. The Morgan fingerprint density at radius 2 is 1.81 bits per heavy atom. The molecule has 1 aromatic heterocycles. The molecule has 3 heterocycles. The molecule has 0 aliphatic carbocycles. The fourth-order valence-corrected chi connectivity index (χ4v) is 3.94. The van der Waals surface area contributed by atoms with E-state index in [4.69, 9.17) is 0 Å². The lowest BCUT2D eigenvalue weighted by Crippen LogP contribution is -2.48. The zero-order valence-electron chi connectivity index (χ0n) is 15.7. The summed E-state index contributed by atoms with van der Waals surface area (Å²) in [6.45, 7) is 10.6. The van der Waals surface area contributed by atoms with Gasteiger partial charge in [0.05, 0.1) is 6.04 Å². The van der Waals surface area contributed by atoms with Crippen LogP contribution < -0.4 is 15.8 Å². The van der Waals surface area contributed by atoms with E-state index in [1.165, 1.54) is 16.7 Å². The van der Waals surface area contributed by atoms with Crippen LogP contribution in [0.5, 0.6) is 0 Å². The standard InChI is InChI=1S/C20H28N6/c1-15-4-5-17(12-16(15)2)19-18(13-23-24-19)14-25-8-10-26(11-9-25)20-21-6-3-7-22-20/h3-7,12,18-19,23-24H,8-11,13-14H2,1-2H3. The summed E-state index contributed by atoms with van der Waals surface area (Å²) in [7, 11) is 0. The van der Waals surface area contributed by atoms with E-state index in [0.717, 1.165) is 45.2 Å². The SMILES string of the molecule is Cc1ccc(C2NNCC2CN2CCN(c3ncccn3)CC2)cc1C. The second-order valence-electron chi connectivity index (χ2n) is 7.44. The van der Waals surface area contributed by atoms with Gasteiger partial charge in [-0.1, -0.05) is 18.2 Å². The van der Waals surface area contributed by atoms with Crippen molar-refractivity contribution in [2.45, 2.75) is 19.9 Å². The van der Waals surface area contributed by atoms with Crippen molar-refractivity contribution in [1.29, 1.82) is 0 Å². The number of rotatable bonds is 4. The largest absolute Gasteiger partial charge is 0.338 e. The average molecular weight is 352 g/mol.